The summed E-state index contributed by atoms with van der Waals surface area (Å²) < 4.78 is 1.73. The lowest BCUT2D eigenvalue weighted by Crippen LogP contribution is -2.37. The van der Waals surface area contributed by atoms with Gasteiger partial charge in [0, 0.05) is 22.6 Å². The Balaban J connectivity index is 1.85. The van der Waals surface area contributed by atoms with Gasteiger partial charge in [-0.2, -0.15) is 5.10 Å². The van der Waals surface area contributed by atoms with E-state index < -0.39 is 0 Å². The molecule has 30 heavy (non-hydrogen) atoms. The molecule has 2 aromatic heterocycles. The molecule has 1 unspecified atom stereocenters. The average Bonchev–Trinajstić information content (AvgIpc) is 2.93. The number of amides is 1. The number of carbonyl (C=O) groups is 1. The van der Waals surface area contributed by atoms with Gasteiger partial charge in [-0.25, -0.2) is 14.6 Å². The first-order valence-corrected chi connectivity index (χ1v) is 10.3. The smallest absolute Gasteiger partial charge is 0.251 e. The van der Waals surface area contributed by atoms with Gasteiger partial charge >= 0.3 is 0 Å². The van der Waals surface area contributed by atoms with Crippen molar-refractivity contribution in [3.8, 4) is 5.95 Å². The van der Waals surface area contributed by atoms with E-state index in [1.54, 1.807) is 4.68 Å². The molecular weight excluding hydrogens is 374 g/mol. The van der Waals surface area contributed by atoms with Gasteiger partial charge in [0.1, 0.15) is 0 Å². The summed E-state index contributed by atoms with van der Waals surface area (Å²) in [7, 11) is 0. The van der Waals surface area contributed by atoms with E-state index in [0.717, 1.165) is 33.9 Å². The fourth-order valence-corrected chi connectivity index (χ4v) is 3.75. The molecule has 0 aliphatic rings. The predicted octanol–water partition coefficient (Wildman–Crippen LogP) is 4.34. The Morgan fingerprint density at radius 1 is 1.03 bits per heavy atom. The van der Waals surface area contributed by atoms with E-state index in [-0.39, 0.29) is 23.8 Å². The first-order chi connectivity index (χ1) is 14.1. The van der Waals surface area contributed by atoms with E-state index in [9.17, 15) is 4.79 Å². The third-order valence-corrected chi connectivity index (χ3v) is 5.24. The third kappa shape index (κ3) is 4.75. The summed E-state index contributed by atoms with van der Waals surface area (Å²) in [6, 6.07) is 12.0. The van der Waals surface area contributed by atoms with Gasteiger partial charge in [0.2, 0.25) is 5.91 Å². The number of carbonyl (C=O) groups excluding carboxylic acids is 1. The number of hydrogen-bond acceptors (Lipinski definition) is 4. The van der Waals surface area contributed by atoms with E-state index in [1.165, 1.54) is 0 Å². The zero-order valence-electron chi connectivity index (χ0n) is 18.9. The Hall–Kier alpha value is -3.02. The van der Waals surface area contributed by atoms with Crippen LogP contribution in [0.5, 0.6) is 0 Å². The van der Waals surface area contributed by atoms with Crippen LogP contribution >= 0.6 is 0 Å². The summed E-state index contributed by atoms with van der Waals surface area (Å²) in [6.45, 7) is 14.2. The number of aromatic nitrogens is 4. The molecule has 1 amide bonds. The minimum atomic E-state index is -0.113. The lowest BCUT2D eigenvalue weighted by Gasteiger charge is -2.32. The Morgan fingerprint density at radius 2 is 1.63 bits per heavy atom. The fraction of sp³-hybridized carbons (Fsp3) is 0.417. The molecule has 2 heterocycles. The first kappa shape index (κ1) is 21.7. The van der Waals surface area contributed by atoms with Gasteiger partial charge in [0.25, 0.3) is 5.95 Å². The van der Waals surface area contributed by atoms with Gasteiger partial charge in [-0.1, -0.05) is 51.1 Å². The van der Waals surface area contributed by atoms with Crippen molar-refractivity contribution in [2.45, 2.75) is 60.9 Å². The zero-order chi connectivity index (χ0) is 22.1. The van der Waals surface area contributed by atoms with Crippen molar-refractivity contribution in [2.75, 3.05) is 0 Å². The summed E-state index contributed by atoms with van der Waals surface area (Å²) in [4.78, 5) is 22.0. The van der Waals surface area contributed by atoms with Crippen LogP contribution in [0.4, 0.5) is 0 Å². The number of nitrogens with zero attached hydrogens (tertiary/aromatic N) is 4. The minimum Gasteiger partial charge on any atom is -0.348 e. The lowest BCUT2D eigenvalue weighted by atomic mass is 9.82. The topological polar surface area (TPSA) is 72.7 Å². The van der Waals surface area contributed by atoms with Crippen molar-refractivity contribution in [2.24, 2.45) is 5.41 Å². The molecule has 158 valence electrons. The molecular formula is C24H31N5O. The Bertz CT molecular complexity index is 1030. The summed E-state index contributed by atoms with van der Waals surface area (Å²) in [6.07, 6.45) is 0.266. The lowest BCUT2D eigenvalue weighted by molar-refractivity contribution is -0.122. The standard InChI is InChI=1S/C24H31N5O/c1-15-13-16(2)26-23(25-15)29-18(4)20(17(3)28-29)14-21(30)27-22(24(5,6)7)19-11-9-8-10-12-19/h8-13,22H,14H2,1-7H3,(H,27,30). The number of aryl methyl sites for hydroxylation is 3. The highest BCUT2D eigenvalue weighted by molar-refractivity contribution is 5.79. The van der Waals surface area contributed by atoms with Gasteiger partial charge in [0.05, 0.1) is 18.2 Å². The van der Waals surface area contributed by atoms with Crippen molar-refractivity contribution in [3.63, 3.8) is 0 Å². The van der Waals surface area contributed by atoms with Gasteiger partial charge < -0.3 is 5.32 Å². The molecule has 3 rings (SSSR count). The Kier molecular flexibility index (Phi) is 6.06. The maximum Gasteiger partial charge on any atom is 0.251 e. The zero-order valence-corrected chi connectivity index (χ0v) is 18.9. The highest BCUT2D eigenvalue weighted by atomic mass is 16.1. The normalized spacial score (nSPS) is 12.6. The third-order valence-electron chi connectivity index (χ3n) is 5.24. The van der Waals surface area contributed by atoms with Crippen molar-refractivity contribution in [1.29, 1.82) is 0 Å². The molecule has 0 bridgehead atoms. The van der Waals surface area contributed by atoms with Crippen molar-refractivity contribution in [3.05, 3.63) is 70.3 Å². The Morgan fingerprint density at radius 3 is 2.20 bits per heavy atom. The molecule has 0 saturated heterocycles. The van der Waals surface area contributed by atoms with E-state index in [0.29, 0.717) is 5.95 Å². The first-order valence-electron chi connectivity index (χ1n) is 10.3. The molecule has 0 saturated carbocycles. The second-order valence-electron chi connectivity index (χ2n) is 8.97. The molecule has 6 nitrogen and oxygen atoms in total. The van der Waals surface area contributed by atoms with E-state index >= 15 is 0 Å². The minimum absolute atomic E-state index is 0.0223. The quantitative estimate of drug-likeness (QED) is 0.685. The second kappa shape index (κ2) is 8.38. The van der Waals surface area contributed by atoms with Crippen LogP contribution in [0.1, 0.15) is 60.7 Å². The van der Waals surface area contributed by atoms with Crippen LogP contribution in [-0.4, -0.2) is 25.7 Å². The van der Waals surface area contributed by atoms with Gasteiger partial charge in [-0.3, -0.25) is 4.79 Å². The average molecular weight is 406 g/mol. The van der Waals surface area contributed by atoms with Crippen LogP contribution < -0.4 is 5.32 Å². The second-order valence-corrected chi connectivity index (χ2v) is 8.97. The molecule has 0 radical (unpaired) electrons. The molecule has 6 heteroatoms. The molecule has 0 spiro atoms. The SMILES string of the molecule is Cc1cc(C)nc(-n2nc(C)c(CC(=O)NC(c3ccccc3)C(C)(C)C)c2C)n1. The summed E-state index contributed by atoms with van der Waals surface area (Å²) >= 11 is 0. The fourth-order valence-electron chi connectivity index (χ4n) is 3.75. The summed E-state index contributed by atoms with van der Waals surface area (Å²) in [5.41, 5.74) is 5.39. The number of rotatable bonds is 5. The van der Waals surface area contributed by atoms with Gasteiger partial charge in [-0.05, 0) is 44.7 Å². The van der Waals surface area contributed by atoms with Crippen molar-refractivity contribution in [1.82, 2.24) is 25.1 Å². The van der Waals surface area contributed by atoms with Crippen LogP contribution in [-0.2, 0) is 11.2 Å². The van der Waals surface area contributed by atoms with Crippen molar-refractivity contribution < 1.29 is 4.79 Å². The highest BCUT2D eigenvalue weighted by Crippen LogP contribution is 2.32. The summed E-state index contributed by atoms with van der Waals surface area (Å²) in [5.74, 6) is 0.516. The van der Waals surface area contributed by atoms with Gasteiger partial charge in [-0.15, -0.1) is 0 Å². The van der Waals surface area contributed by atoms with Gasteiger partial charge in [0.15, 0.2) is 0 Å². The maximum absolute atomic E-state index is 13.0. The molecule has 0 aliphatic carbocycles. The monoisotopic (exact) mass is 405 g/mol. The number of nitrogens with one attached hydrogen (secondary N) is 1. The van der Waals surface area contributed by atoms with E-state index in [4.69, 9.17) is 0 Å². The van der Waals surface area contributed by atoms with Crippen LogP contribution in [0.15, 0.2) is 36.4 Å². The molecule has 3 aromatic rings. The van der Waals surface area contributed by atoms with E-state index in [2.05, 4.69) is 53.3 Å². The van der Waals surface area contributed by atoms with E-state index in [1.807, 2.05) is 52.0 Å². The van der Waals surface area contributed by atoms with Crippen molar-refractivity contribution >= 4 is 5.91 Å². The molecule has 1 aromatic carbocycles. The maximum atomic E-state index is 13.0. The Labute approximate surface area is 178 Å². The molecule has 0 fully saturated rings. The van der Waals surface area contributed by atoms with Crippen LogP contribution in [0.2, 0.25) is 0 Å². The number of benzene rings is 1. The number of hydrogen-bond donors (Lipinski definition) is 1. The molecule has 1 N–H and O–H groups in total. The largest absolute Gasteiger partial charge is 0.348 e. The predicted molar refractivity (Wildman–Crippen MR) is 119 cm³/mol. The van der Waals surface area contributed by atoms with Crippen LogP contribution in [0, 0.1) is 33.1 Å². The van der Waals surface area contributed by atoms with Crippen LogP contribution in [0.3, 0.4) is 0 Å². The molecule has 1 atom stereocenters. The molecule has 0 aliphatic heterocycles. The summed E-state index contributed by atoms with van der Waals surface area (Å²) in [5, 5.41) is 7.85. The highest BCUT2D eigenvalue weighted by Gasteiger charge is 2.28. The van der Waals surface area contributed by atoms with Crippen LogP contribution in [0.25, 0.3) is 5.95 Å².